The minimum atomic E-state index is -3.71. The summed E-state index contributed by atoms with van der Waals surface area (Å²) in [5.41, 5.74) is 0.198. The van der Waals surface area contributed by atoms with Crippen LogP contribution in [0.15, 0.2) is 29.2 Å². The molecule has 0 aromatic heterocycles. The highest BCUT2D eigenvalue weighted by Gasteiger charge is 2.30. The van der Waals surface area contributed by atoms with Crippen LogP contribution in [-0.2, 0) is 19.6 Å². The fourth-order valence-electron chi connectivity index (χ4n) is 2.40. The van der Waals surface area contributed by atoms with Gasteiger partial charge in [0, 0.05) is 25.2 Å². The van der Waals surface area contributed by atoms with Crippen LogP contribution in [0.3, 0.4) is 0 Å². The number of nitrogens with zero attached hydrogens (tertiary/aromatic N) is 2. The van der Waals surface area contributed by atoms with E-state index in [0.29, 0.717) is 0 Å². The minimum Gasteiger partial charge on any atom is -0.479 e. The Balaban J connectivity index is 2.26. The zero-order valence-corrected chi connectivity index (χ0v) is 15.2. The van der Waals surface area contributed by atoms with Gasteiger partial charge in [-0.25, -0.2) is 13.2 Å². The van der Waals surface area contributed by atoms with Crippen LogP contribution < -0.4 is 0 Å². The van der Waals surface area contributed by atoms with Gasteiger partial charge in [0.1, 0.15) is 0 Å². The van der Waals surface area contributed by atoms with Gasteiger partial charge >= 0.3 is 5.97 Å². The second-order valence-electron chi connectivity index (χ2n) is 6.09. The van der Waals surface area contributed by atoms with Gasteiger partial charge in [-0.3, -0.25) is 4.79 Å². The number of hydrogen-bond donors (Lipinski definition) is 1. The molecule has 8 nitrogen and oxygen atoms in total. The molecule has 1 aliphatic rings. The number of amides is 1. The fourth-order valence-corrected chi connectivity index (χ4v) is 3.81. The first-order chi connectivity index (χ1) is 11.6. The van der Waals surface area contributed by atoms with E-state index in [1.54, 1.807) is 13.8 Å². The average Bonchev–Trinajstić information content (AvgIpc) is 2.60. The second-order valence-corrected chi connectivity index (χ2v) is 8.09. The van der Waals surface area contributed by atoms with Crippen LogP contribution in [-0.4, -0.2) is 73.5 Å². The van der Waals surface area contributed by atoms with E-state index in [-0.39, 0.29) is 36.2 Å². The summed E-state index contributed by atoms with van der Waals surface area (Å²) in [7, 11) is -2.23. The van der Waals surface area contributed by atoms with Crippen molar-refractivity contribution in [1.29, 1.82) is 0 Å². The molecule has 0 bridgehead atoms. The predicted octanol–water partition coefficient (Wildman–Crippen LogP) is 0.641. The van der Waals surface area contributed by atoms with Crippen LogP contribution in [0.25, 0.3) is 0 Å². The number of hydrogen-bond acceptors (Lipinski definition) is 5. The molecule has 0 radical (unpaired) electrons. The third-order valence-electron chi connectivity index (χ3n) is 4.11. The lowest BCUT2D eigenvalue weighted by atomic mass is 10.1. The smallest absolute Gasteiger partial charge is 0.334 e. The van der Waals surface area contributed by atoms with E-state index in [1.165, 1.54) is 40.5 Å². The summed E-state index contributed by atoms with van der Waals surface area (Å²) < 4.78 is 31.5. The van der Waals surface area contributed by atoms with Gasteiger partial charge < -0.3 is 14.7 Å². The Labute approximate surface area is 147 Å². The highest BCUT2D eigenvalue weighted by atomic mass is 32.2. The van der Waals surface area contributed by atoms with Crippen LogP contribution in [0.2, 0.25) is 0 Å². The molecule has 9 heteroatoms. The molecular formula is C16H22N2O6S. The Hall–Kier alpha value is -1.97. The van der Waals surface area contributed by atoms with Gasteiger partial charge in [-0.15, -0.1) is 0 Å². The zero-order valence-electron chi connectivity index (χ0n) is 14.4. The van der Waals surface area contributed by atoms with Gasteiger partial charge in [-0.05, 0) is 32.0 Å². The third-order valence-corrected chi connectivity index (χ3v) is 6.14. The normalized spacial score (nSPS) is 18.6. The van der Waals surface area contributed by atoms with E-state index >= 15 is 0 Å². The molecule has 0 aliphatic carbocycles. The topological polar surface area (TPSA) is 104 Å². The first-order valence-electron chi connectivity index (χ1n) is 7.86. The van der Waals surface area contributed by atoms with Crippen molar-refractivity contribution in [3.63, 3.8) is 0 Å². The van der Waals surface area contributed by atoms with Gasteiger partial charge in [0.25, 0.3) is 5.91 Å². The van der Waals surface area contributed by atoms with Gasteiger partial charge in [0.15, 0.2) is 6.10 Å². The lowest BCUT2D eigenvalue weighted by molar-refractivity contribution is -0.154. The van der Waals surface area contributed by atoms with Crippen molar-refractivity contribution < 1.29 is 27.9 Å². The lowest BCUT2D eigenvalue weighted by Crippen LogP contribution is -2.48. The second kappa shape index (κ2) is 7.51. The highest BCUT2D eigenvalue weighted by molar-refractivity contribution is 7.89. The molecular weight excluding hydrogens is 348 g/mol. The molecule has 1 fully saturated rings. The first kappa shape index (κ1) is 19.4. The molecule has 1 aliphatic heterocycles. The maximum absolute atomic E-state index is 12.6. The van der Waals surface area contributed by atoms with Crippen molar-refractivity contribution in [2.75, 3.05) is 26.7 Å². The number of rotatable bonds is 5. The van der Waals surface area contributed by atoms with E-state index in [0.717, 1.165) is 0 Å². The van der Waals surface area contributed by atoms with Crippen LogP contribution in [0.1, 0.15) is 24.2 Å². The summed E-state index contributed by atoms with van der Waals surface area (Å²) in [4.78, 5) is 25.0. The number of ether oxygens (including phenoxy) is 1. The Kier molecular flexibility index (Phi) is 5.81. The maximum Gasteiger partial charge on any atom is 0.334 e. The third kappa shape index (κ3) is 4.17. The number of carbonyl (C=O) groups excluding carboxylic acids is 1. The van der Waals surface area contributed by atoms with E-state index in [9.17, 15) is 18.0 Å². The Bertz CT molecular complexity index is 762. The molecule has 0 spiro atoms. The molecule has 1 aromatic rings. The number of benzene rings is 1. The van der Waals surface area contributed by atoms with E-state index in [1.807, 2.05) is 0 Å². The number of aliphatic carboxylic acids is 1. The molecule has 1 amide bonds. The highest BCUT2D eigenvalue weighted by Crippen LogP contribution is 2.19. The van der Waals surface area contributed by atoms with Crippen LogP contribution >= 0.6 is 0 Å². The monoisotopic (exact) mass is 370 g/mol. The summed E-state index contributed by atoms with van der Waals surface area (Å²) in [5, 5.41) is 9.02. The Morgan fingerprint density at radius 3 is 2.64 bits per heavy atom. The summed E-state index contributed by atoms with van der Waals surface area (Å²) in [6.07, 6.45) is -1.07. The molecule has 25 heavy (non-hydrogen) atoms. The number of carbonyl (C=O) groups is 2. The molecule has 1 aromatic carbocycles. The van der Waals surface area contributed by atoms with Crippen molar-refractivity contribution >= 4 is 21.9 Å². The number of carboxylic acids is 1. The van der Waals surface area contributed by atoms with E-state index < -0.39 is 28.0 Å². The quantitative estimate of drug-likeness (QED) is 0.816. The van der Waals surface area contributed by atoms with Crippen molar-refractivity contribution in [2.24, 2.45) is 0 Å². The molecule has 1 saturated heterocycles. The molecule has 1 N–H and O–H groups in total. The Morgan fingerprint density at radius 2 is 2.04 bits per heavy atom. The van der Waals surface area contributed by atoms with Crippen molar-refractivity contribution in [1.82, 2.24) is 9.21 Å². The standard InChI is InChI=1S/C16H22N2O6S/c1-11(2)17(3)25(22,23)13-6-4-5-12(9-13)15(19)18-7-8-24-14(10-18)16(20)21/h4-6,9,11,14H,7-8,10H2,1-3H3,(H,20,21). The maximum atomic E-state index is 12.6. The van der Waals surface area contributed by atoms with Gasteiger partial charge in [-0.1, -0.05) is 6.07 Å². The number of carboxylic acid groups (broad SMARTS) is 1. The summed E-state index contributed by atoms with van der Waals surface area (Å²) in [6.45, 7) is 3.82. The molecule has 1 unspecified atom stereocenters. The van der Waals surface area contributed by atoms with Crippen molar-refractivity contribution in [3.8, 4) is 0 Å². The Morgan fingerprint density at radius 1 is 1.36 bits per heavy atom. The SMILES string of the molecule is CC(C)N(C)S(=O)(=O)c1cccc(C(=O)N2CCOC(C(=O)O)C2)c1. The largest absolute Gasteiger partial charge is 0.479 e. The molecule has 1 heterocycles. The number of sulfonamides is 1. The lowest BCUT2D eigenvalue weighted by Gasteiger charge is -2.31. The van der Waals surface area contributed by atoms with Crippen LogP contribution in [0.4, 0.5) is 0 Å². The van der Waals surface area contributed by atoms with Gasteiger partial charge in [0.05, 0.1) is 18.0 Å². The molecule has 0 saturated carbocycles. The van der Waals surface area contributed by atoms with Crippen molar-refractivity contribution in [3.05, 3.63) is 29.8 Å². The van der Waals surface area contributed by atoms with Crippen LogP contribution in [0.5, 0.6) is 0 Å². The zero-order chi connectivity index (χ0) is 18.8. The van der Waals surface area contributed by atoms with Crippen LogP contribution in [0, 0.1) is 0 Å². The van der Waals surface area contributed by atoms with E-state index in [2.05, 4.69) is 0 Å². The molecule has 1 atom stereocenters. The first-order valence-corrected chi connectivity index (χ1v) is 9.30. The van der Waals surface area contributed by atoms with Crippen molar-refractivity contribution in [2.45, 2.75) is 30.9 Å². The minimum absolute atomic E-state index is 0.0256. The fraction of sp³-hybridized carbons (Fsp3) is 0.500. The summed E-state index contributed by atoms with van der Waals surface area (Å²) >= 11 is 0. The van der Waals surface area contributed by atoms with Gasteiger partial charge in [0.2, 0.25) is 10.0 Å². The predicted molar refractivity (Wildman–Crippen MR) is 89.8 cm³/mol. The number of morpholine rings is 1. The summed E-state index contributed by atoms with van der Waals surface area (Å²) in [6, 6.07) is 5.55. The van der Waals surface area contributed by atoms with Gasteiger partial charge in [-0.2, -0.15) is 4.31 Å². The molecule has 138 valence electrons. The molecule has 2 rings (SSSR count). The average molecular weight is 370 g/mol. The van der Waals surface area contributed by atoms with E-state index in [4.69, 9.17) is 9.84 Å². The summed E-state index contributed by atoms with van der Waals surface area (Å²) in [5.74, 6) is -1.55.